The summed E-state index contributed by atoms with van der Waals surface area (Å²) in [5.74, 6) is -3.59. The molecule has 0 bridgehead atoms. The van der Waals surface area contributed by atoms with E-state index in [1.54, 1.807) is 36.4 Å². The minimum absolute atomic E-state index is 0.0742. The molecule has 2 nitrogen and oxygen atoms in total. The molecule has 42 heavy (non-hydrogen) atoms. The average molecular weight is 583 g/mol. The lowest BCUT2D eigenvalue weighted by molar-refractivity contribution is -0.0210. The smallest absolute Gasteiger partial charge is 0.201 e. The van der Waals surface area contributed by atoms with Gasteiger partial charge in [0.05, 0.1) is 19.3 Å². The van der Waals surface area contributed by atoms with Crippen LogP contribution in [0.2, 0.25) is 0 Å². The largest absolute Gasteiger partial charge is 0.490 e. The summed E-state index contributed by atoms with van der Waals surface area (Å²) in [6, 6.07) is 12.4. The van der Waals surface area contributed by atoms with Crippen LogP contribution in [-0.4, -0.2) is 13.2 Å². The van der Waals surface area contributed by atoms with Crippen LogP contribution in [0.1, 0.15) is 89.2 Å². The molecule has 0 radical (unpaired) electrons. The molecule has 0 N–H and O–H groups in total. The molecule has 0 saturated carbocycles. The predicted molar refractivity (Wildman–Crippen MR) is 161 cm³/mol. The monoisotopic (exact) mass is 582 g/mol. The topological polar surface area (TPSA) is 18.5 Å². The minimum Gasteiger partial charge on any atom is -0.490 e. The molecule has 0 aromatic heterocycles. The van der Waals surface area contributed by atoms with Crippen LogP contribution in [-0.2, 0) is 4.74 Å². The fourth-order valence-corrected chi connectivity index (χ4v) is 5.61. The lowest BCUT2D eigenvalue weighted by atomic mass is 9.90. The zero-order valence-corrected chi connectivity index (χ0v) is 24.6. The Hall–Kier alpha value is -3.12. The van der Waals surface area contributed by atoms with Crippen molar-refractivity contribution < 1.29 is 27.0 Å². The van der Waals surface area contributed by atoms with Gasteiger partial charge in [-0.05, 0) is 61.3 Å². The van der Waals surface area contributed by atoms with Crippen molar-refractivity contribution in [1.82, 2.24) is 0 Å². The molecule has 2 atom stereocenters. The van der Waals surface area contributed by atoms with Gasteiger partial charge >= 0.3 is 0 Å². The SMILES string of the molecule is C=CCCC1CCC(c2ccc(-c3ccc(-c4ccc(OCCCCCCCCC)c(F)c4F)cc3)c(F)c2F)OC1. The van der Waals surface area contributed by atoms with Crippen molar-refractivity contribution in [2.75, 3.05) is 13.2 Å². The Balaban J connectivity index is 1.38. The first-order chi connectivity index (χ1) is 20.4. The second-order valence-corrected chi connectivity index (χ2v) is 11.2. The molecule has 6 heteroatoms. The zero-order chi connectivity index (χ0) is 29.9. The molecule has 1 fully saturated rings. The van der Waals surface area contributed by atoms with Gasteiger partial charge in [-0.2, -0.15) is 4.39 Å². The van der Waals surface area contributed by atoms with Crippen molar-refractivity contribution in [2.24, 2.45) is 5.92 Å². The molecule has 4 rings (SSSR count). The lowest BCUT2D eigenvalue weighted by Crippen LogP contribution is -2.21. The second kappa shape index (κ2) is 15.9. The molecule has 0 amide bonds. The summed E-state index contributed by atoms with van der Waals surface area (Å²) in [6.45, 7) is 6.78. The fraction of sp³-hybridized carbons (Fsp3) is 0.444. The predicted octanol–water partition coefficient (Wildman–Crippen LogP) is 11.1. The van der Waals surface area contributed by atoms with E-state index < -0.39 is 29.4 Å². The summed E-state index contributed by atoms with van der Waals surface area (Å²) in [6.07, 6.45) is 12.6. The molecule has 1 aliphatic heterocycles. The maximum Gasteiger partial charge on any atom is 0.201 e. The number of hydrogen-bond acceptors (Lipinski definition) is 2. The van der Waals surface area contributed by atoms with E-state index in [0.29, 0.717) is 36.7 Å². The van der Waals surface area contributed by atoms with Gasteiger partial charge in [-0.1, -0.05) is 87.9 Å². The Morgan fingerprint density at radius 2 is 1.38 bits per heavy atom. The van der Waals surface area contributed by atoms with E-state index in [4.69, 9.17) is 9.47 Å². The highest BCUT2D eigenvalue weighted by Crippen LogP contribution is 2.37. The van der Waals surface area contributed by atoms with E-state index >= 15 is 8.78 Å². The van der Waals surface area contributed by atoms with Crippen molar-refractivity contribution in [1.29, 1.82) is 0 Å². The van der Waals surface area contributed by atoms with Crippen molar-refractivity contribution in [2.45, 2.75) is 83.7 Å². The fourth-order valence-electron chi connectivity index (χ4n) is 5.61. The van der Waals surface area contributed by atoms with Crippen molar-refractivity contribution in [3.63, 3.8) is 0 Å². The van der Waals surface area contributed by atoms with E-state index in [-0.39, 0.29) is 22.4 Å². The third kappa shape index (κ3) is 8.03. The third-order valence-corrected chi connectivity index (χ3v) is 8.17. The number of allylic oxidation sites excluding steroid dienone is 1. The summed E-state index contributed by atoms with van der Waals surface area (Å²) in [7, 11) is 0. The molecular formula is C36H42F4O2. The molecule has 1 aliphatic rings. The summed E-state index contributed by atoms with van der Waals surface area (Å²) in [5, 5.41) is 0. The van der Waals surface area contributed by atoms with E-state index in [9.17, 15) is 8.78 Å². The standard InChI is InChI=1S/C36H42F4O2/c1-3-5-7-8-9-10-11-23-41-32-22-20-29(34(38)36(32)40)27-16-14-26(15-17-27)28-18-19-30(35(39)33(28)37)31-21-13-25(24-42-31)12-6-4-2/h4,14-20,22,25,31H,2-3,5-13,21,23-24H2,1H3. The van der Waals surface area contributed by atoms with Gasteiger partial charge in [0.15, 0.2) is 23.2 Å². The van der Waals surface area contributed by atoms with E-state index in [1.165, 1.54) is 37.8 Å². The summed E-state index contributed by atoms with van der Waals surface area (Å²) in [5.41, 5.74) is 1.26. The molecule has 3 aromatic carbocycles. The van der Waals surface area contributed by atoms with E-state index in [1.807, 2.05) is 6.08 Å². The van der Waals surface area contributed by atoms with Crippen LogP contribution in [0.3, 0.4) is 0 Å². The number of ether oxygens (including phenoxy) is 2. The van der Waals surface area contributed by atoms with Crippen LogP contribution in [0.25, 0.3) is 22.3 Å². The number of benzene rings is 3. The first-order valence-corrected chi connectivity index (χ1v) is 15.4. The number of unbranched alkanes of at least 4 members (excludes halogenated alkanes) is 6. The first kappa shape index (κ1) is 31.8. The van der Waals surface area contributed by atoms with Crippen molar-refractivity contribution in [3.8, 4) is 28.0 Å². The molecular weight excluding hydrogens is 540 g/mol. The highest BCUT2D eigenvalue weighted by atomic mass is 19.2. The molecule has 0 spiro atoms. The zero-order valence-electron chi connectivity index (χ0n) is 24.6. The molecule has 2 unspecified atom stereocenters. The Kier molecular flexibility index (Phi) is 12.1. The van der Waals surface area contributed by atoms with Crippen LogP contribution in [0.5, 0.6) is 5.75 Å². The van der Waals surface area contributed by atoms with Crippen LogP contribution in [0.15, 0.2) is 61.2 Å². The van der Waals surface area contributed by atoms with Crippen LogP contribution in [0.4, 0.5) is 17.6 Å². The van der Waals surface area contributed by atoms with Crippen molar-refractivity contribution in [3.05, 3.63) is 90.0 Å². The molecule has 3 aromatic rings. The molecule has 1 saturated heterocycles. The van der Waals surface area contributed by atoms with Gasteiger partial charge in [-0.25, -0.2) is 13.2 Å². The highest BCUT2D eigenvalue weighted by Gasteiger charge is 2.27. The van der Waals surface area contributed by atoms with Crippen LogP contribution < -0.4 is 4.74 Å². The van der Waals surface area contributed by atoms with Gasteiger partial charge in [-0.15, -0.1) is 6.58 Å². The normalized spacial score (nSPS) is 16.9. The number of hydrogen-bond donors (Lipinski definition) is 0. The van der Waals surface area contributed by atoms with Gasteiger partial charge in [0, 0.05) is 16.7 Å². The molecule has 226 valence electrons. The Morgan fingerprint density at radius 3 is 2.00 bits per heavy atom. The Labute approximate surface area is 247 Å². The summed E-state index contributed by atoms with van der Waals surface area (Å²) >= 11 is 0. The maximum absolute atomic E-state index is 15.2. The van der Waals surface area contributed by atoms with E-state index in [0.717, 1.165) is 38.5 Å². The maximum atomic E-state index is 15.2. The Bertz CT molecular complexity index is 1300. The highest BCUT2D eigenvalue weighted by molar-refractivity contribution is 5.71. The molecule has 0 aliphatic carbocycles. The first-order valence-electron chi connectivity index (χ1n) is 15.4. The summed E-state index contributed by atoms with van der Waals surface area (Å²) < 4.78 is 71.4. The van der Waals surface area contributed by atoms with Gasteiger partial charge < -0.3 is 9.47 Å². The van der Waals surface area contributed by atoms with Gasteiger partial charge in [0.1, 0.15) is 0 Å². The van der Waals surface area contributed by atoms with Crippen molar-refractivity contribution >= 4 is 0 Å². The Morgan fingerprint density at radius 1 is 0.762 bits per heavy atom. The summed E-state index contributed by atoms with van der Waals surface area (Å²) in [4.78, 5) is 0. The van der Waals surface area contributed by atoms with E-state index in [2.05, 4.69) is 13.5 Å². The van der Waals surface area contributed by atoms with Gasteiger partial charge in [-0.3, -0.25) is 0 Å². The van der Waals surface area contributed by atoms with Gasteiger partial charge in [0.25, 0.3) is 0 Å². The van der Waals surface area contributed by atoms with Gasteiger partial charge in [0.2, 0.25) is 5.82 Å². The molecule has 1 heterocycles. The number of halogens is 4. The van der Waals surface area contributed by atoms with Crippen LogP contribution in [0, 0.1) is 29.2 Å². The quantitative estimate of drug-likeness (QED) is 0.101. The average Bonchev–Trinajstić information content (AvgIpc) is 3.01. The minimum atomic E-state index is -1.03. The lowest BCUT2D eigenvalue weighted by Gasteiger charge is -2.29. The van der Waals surface area contributed by atoms with Crippen LogP contribution >= 0.6 is 0 Å². The number of rotatable bonds is 15. The third-order valence-electron chi connectivity index (χ3n) is 8.17. The second-order valence-electron chi connectivity index (χ2n) is 11.2.